The van der Waals surface area contributed by atoms with Crippen molar-refractivity contribution in [3.05, 3.63) is 40.9 Å². The molecule has 5 nitrogen and oxygen atoms in total. The first-order chi connectivity index (χ1) is 8.74. The van der Waals surface area contributed by atoms with Crippen LogP contribution in [0, 0.1) is 0 Å². The molecule has 18 heavy (non-hydrogen) atoms. The molecule has 6 heteroatoms. The van der Waals surface area contributed by atoms with Crippen LogP contribution in [0.5, 0.6) is 0 Å². The summed E-state index contributed by atoms with van der Waals surface area (Å²) < 4.78 is 3.79. The molecule has 0 unspecified atom stereocenters. The SMILES string of the molecule is O=C(O)CCc1cccc(NCc2csnn2)c1. The smallest absolute Gasteiger partial charge is 0.303 e. The maximum atomic E-state index is 10.5. The van der Waals surface area contributed by atoms with Gasteiger partial charge in [0, 0.05) is 17.5 Å². The lowest BCUT2D eigenvalue weighted by molar-refractivity contribution is -0.136. The number of benzene rings is 1. The van der Waals surface area contributed by atoms with Crippen molar-refractivity contribution >= 4 is 23.2 Å². The van der Waals surface area contributed by atoms with Crippen LogP contribution in [0.3, 0.4) is 0 Å². The van der Waals surface area contributed by atoms with Gasteiger partial charge in [0.2, 0.25) is 0 Å². The Morgan fingerprint density at radius 1 is 1.44 bits per heavy atom. The molecule has 0 amide bonds. The number of hydrogen-bond donors (Lipinski definition) is 2. The van der Waals surface area contributed by atoms with Gasteiger partial charge < -0.3 is 10.4 Å². The van der Waals surface area contributed by atoms with Gasteiger partial charge in [0.05, 0.1) is 12.2 Å². The monoisotopic (exact) mass is 263 g/mol. The van der Waals surface area contributed by atoms with E-state index in [1.54, 1.807) is 0 Å². The van der Waals surface area contributed by atoms with E-state index in [0.717, 1.165) is 16.9 Å². The summed E-state index contributed by atoms with van der Waals surface area (Å²) in [5.74, 6) is -0.776. The van der Waals surface area contributed by atoms with Crippen molar-refractivity contribution in [3.63, 3.8) is 0 Å². The summed E-state index contributed by atoms with van der Waals surface area (Å²) >= 11 is 1.32. The van der Waals surface area contributed by atoms with Gasteiger partial charge in [-0.05, 0) is 35.6 Å². The Labute approximate surface area is 109 Å². The fraction of sp³-hybridized carbons (Fsp3) is 0.250. The summed E-state index contributed by atoms with van der Waals surface area (Å²) in [6.07, 6.45) is 0.697. The van der Waals surface area contributed by atoms with Gasteiger partial charge in [-0.3, -0.25) is 4.79 Å². The van der Waals surface area contributed by atoms with E-state index >= 15 is 0 Å². The lowest BCUT2D eigenvalue weighted by Crippen LogP contribution is -2.01. The van der Waals surface area contributed by atoms with Crippen LogP contribution in [0.4, 0.5) is 5.69 Å². The first-order valence-electron chi connectivity index (χ1n) is 5.54. The number of carbonyl (C=O) groups is 1. The summed E-state index contributed by atoms with van der Waals surface area (Å²) in [4.78, 5) is 10.5. The fourth-order valence-electron chi connectivity index (χ4n) is 1.54. The van der Waals surface area contributed by atoms with Crippen LogP contribution in [-0.4, -0.2) is 20.7 Å². The van der Waals surface area contributed by atoms with Crippen molar-refractivity contribution in [1.82, 2.24) is 9.59 Å². The molecule has 0 saturated carbocycles. The van der Waals surface area contributed by atoms with Crippen molar-refractivity contribution in [1.29, 1.82) is 0 Å². The second kappa shape index (κ2) is 6.11. The largest absolute Gasteiger partial charge is 0.481 e. The molecule has 0 radical (unpaired) electrons. The molecule has 0 atom stereocenters. The number of nitrogens with one attached hydrogen (secondary N) is 1. The van der Waals surface area contributed by atoms with Gasteiger partial charge in [-0.15, -0.1) is 5.10 Å². The number of carboxylic acids is 1. The van der Waals surface area contributed by atoms with E-state index in [0.29, 0.717) is 13.0 Å². The number of carboxylic acid groups (broad SMARTS) is 1. The maximum Gasteiger partial charge on any atom is 0.303 e. The first-order valence-corrected chi connectivity index (χ1v) is 6.38. The molecule has 1 aromatic carbocycles. The van der Waals surface area contributed by atoms with Crippen molar-refractivity contribution in [2.24, 2.45) is 0 Å². The second-order valence-electron chi connectivity index (χ2n) is 3.84. The summed E-state index contributed by atoms with van der Waals surface area (Å²) in [6.45, 7) is 0.624. The van der Waals surface area contributed by atoms with Crippen molar-refractivity contribution < 1.29 is 9.90 Å². The molecule has 1 aromatic heterocycles. The topological polar surface area (TPSA) is 75.1 Å². The Morgan fingerprint density at radius 3 is 3.06 bits per heavy atom. The van der Waals surface area contributed by atoms with E-state index in [9.17, 15) is 4.79 Å². The fourth-order valence-corrected chi connectivity index (χ4v) is 1.99. The predicted octanol–water partition coefficient (Wildman–Crippen LogP) is 2.17. The van der Waals surface area contributed by atoms with E-state index in [1.807, 2.05) is 29.6 Å². The summed E-state index contributed by atoms with van der Waals surface area (Å²) in [5.41, 5.74) is 2.88. The zero-order valence-corrected chi connectivity index (χ0v) is 10.5. The number of nitrogens with zero attached hydrogens (tertiary/aromatic N) is 2. The highest BCUT2D eigenvalue weighted by Gasteiger charge is 2.01. The summed E-state index contributed by atoms with van der Waals surface area (Å²) in [5, 5.41) is 17.7. The van der Waals surface area contributed by atoms with Crippen LogP contribution in [0.25, 0.3) is 0 Å². The molecule has 0 fully saturated rings. The van der Waals surface area contributed by atoms with Crippen molar-refractivity contribution in [2.45, 2.75) is 19.4 Å². The lowest BCUT2D eigenvalue weighted by Gasteiger charge is -2.06. The van der Waals surface area contributed by atoms with E-state index in [2.05, 4.69) is 14.9 Å². The average Bonchev–Trinajstić information content (AvgIpc) is 2.87. The van der Waals surface area contributed by atoms with E-state index in [1.165, 1.54) is 11.5 Å². The number of hydrogen-bond acceptors (Lipinski definition) is 5. The van der Waals surface area contributed by atoms with Crippen LogP contribution in [0.15, 0.2) is 29.6 Å². The highest BCUT2D eigenvalue weighted by molar-refractivity contribution is 7.03. The third-order valence-corrected chi connectivity index (χ3v) is 2.99. The average molecular weight is 263 g/mol. The summed E-state index contributed by atoms with van der Waals surface area (Å²) in [6, 6.07) is 7.75. The molecule has 2 rings (SSSR count). The Hall–Kier alpha value is -1.95. The van der Waals surface area contributed by atoms with Gasteiger partial charge in [-0.1, -0.05) is 16.6 Å². The van der Waals surface area contributed by atoms with Gasteiger partial charge in [-0.25, -0.2) is 0 Å². The van der Waals surface area contributed by atoms with Crippen molar-refractivity contribution in [3.8, 4) is 0 Å². The molecule has 2 aromatic rings. The Kier molecular flexibility index (Phi) is 4.25. The van der Waals surface area contributed by atoms with E-state index < -0.39 is 5.97 Å². The third-order valence-electron chi connectivity index (χ3n) is 2.43. The molecule has 0 saturated heterocycles. The summed E-state index contributed by atoms with van der Waals surface area (Å²) in [7, 11) is 0. The van der Waals surface area contributed by atoms with Crippen molar-refractivity contribution in [2.75, 3.05) is 5.32 Å². The number of aryl methyl sites for hydroxylation is 1. The molecule has 0 aliphatic heterocycles. The second-order valence-corrected chi connectivity index (χ2v) is 4.45. The first kappa shape index (κ1) is 12.5. The predicted molar refractivity (Wildman–Crippen MR) is 69.6 cm³/mol. The zero-order valence-electron chi connectivity index (χ0n) is 9.67. The number of aromatic nitrogens is 2. The lowest BCUT2D eigenvalue weighted by atomic mass is 10.1. The molecule has 2 N–H and O–H groups in total. The van der Waals surface area contributed by atoms with E-state index in [-0.39, 0.29) is 6.42 Å². The molecule has 1 heterocycles. The minimum Gasteiger partial charge on any atom is -0.481 e. The minimum atomic E-state index is -0.776. The van der Waals surface area contributed by atoms with Crippen LogP contribution in [0.1, 0.15) is 17.7 Å². The van der Waals surface area contributed by atoms with Crippen LogP contribution in [0.2, 0.25) is 0 Å². The highest BCUT2D eigenvalue weighted by atomic mass is 32.1. The van der Waals surface area contributed by atoms with Gasteiger partial charge in [0.25, 0.3) is 0 Å². The normalized spacial score (nSPS) is 10.2. The molecule has 0 spiro atoms. The molecule has 94 valence electrons. The van der Waals surface area contributed by atoms with Gasteiger partial charge >= 0.3 is 5.97 Å². The number of anilines is 1. The molecule has 0 aliphatic rings. The molecule has 0 bridgehead atoms. The quantitative estimate of drug-likeness (QED) is 0.835. The van der Waals surface area contributed by atoms with Gasteiger partial charge in [-0.2, -0.15) is 0 Å². The molecular formula is C12H13N3O2S. The maximum absolute atomic E-state index is 10.5. The van der Waals surface area contributed by atoms with Crippen LogP contribution in [-0.2, 0) is 17.8 Å². The van der Waals surface area contributed by atoms with Gasteiger partial charge in [0.1, 0.15) is 0 Å². The third kappa shape index (κ3) is 3.81. The minimum absolute atomic E-state index is 0.152. The zero-order chi connectivity index (χ0) is 12.8. The van der Waals surface area contributed by atoms with E-state index in [4.69, 9.17) is 5.11 Å². The Balaban J connectivity index is 1.92. The molecule has 0 aliphatic carbocycles. The number of aliphatic carboxylic acids is 1. The van der Waals surface area contributed by atoms with Gasteiger partial charge in [0.15, 0.2) is 0 Å². The van der Waals surface area contributed by atoms with Crippen LogP contribution >= 0.6 is 11.5 Å². The highest BCUT2D eigenvalue weighted by Crippen LogP contribution is 2.13. The van der Waals surface area contributed by atoms with Crippen LogP contribution < -0.4 is 5.32 Å². The standard InChI is InChI=1S/C12H13N3O2S/c16-12(17)5-4-9-2-1-3-10(6-9)13-7-11-8-18-15-14-11/h1-3,6,8,13H,4-5,7H2,(H,16,17). The Bertz CT molecular complexity index is 514. The Morgan fingerprint density at radius 2 is 2.33 bits per heavy atom. The number of rotatable bonds is 6. The molecular weight excluding hydrogens is 250 g/mol.